The predicted molar refractivity (Wildman–Crippen MR) is 107 cm³/mol. The lowest BCUT2D eigenvalue weighted by molar-refractivity contribution is -0.159. The van der Waals surface area contributed by atoms with Crippen LogP contribution in [0.5, 0.6) is 11.5 Å². The molecule has 166 valence electrons. The Balaban J connectivity index is 0.000000501. The van der Waals surface area contributed by atoms with Crippen LogP contribution >= 0.6 is 0 Å². The molecule has 3 rings (SSSR count). The molecule has 1 aromatic heterocycles. The average molecular weight is 438 g/mol. The van der Waals surface area contributed by atoms with Gasteiger partial charge in [-0.2, -0.15) is 13.2 Å². The van der Waals surface area contributed by atoms with Gasteiger partial charge in [-0.05, 0) is 62.5 Å². The Morgan fingerprint density at radius 2 is 1.68 bits per heavy atom. The molecule has 2 aromatic carbocycles. The Kier molecular flexibility index (Phi) is 7.65. The quantitative estimate of drug-likeness (QED) is 0.515. The number of likely N-dealkylation sites (N-methyl/N-ethyl adjacent to an activating group) is 1. The maximum absolute atomic E-state index is 12.8. The van der Waals surface area contributed by atoms with E-state index in [0.29, 0.717) is 5.75 Å². The van der Waals surface area contributed by atoms with Crippen molar-refractivity contribution in [2.75, 3.05) is 20.6 Å². The monoisotopic (exact) mass is 438 g/mol. The molecule has 0 atom stereocenters. The summed E-state index contributed by atoms with van der Waals surface area (Å²) in [6, 6.07) is 10.4. The number of halogens is 3. The number of fused-ring (bicyclic) bond motifs is 1. The van der Waals surface area contributed by atoms with Gasteiger partial charge in [0.15, 0.2) is 0 Å². The summed E-state index contributed by atoms with van der Waals surface area (Å²) in [5, 5.41) is 15.8. The molecule has 0 saturated carbocycles. The van der Waals surface area contributed by atoms with Crippen LogP contribution in [0.4, 0.5) is 13.2 Å². The number of carboxylic acid groups (broad SMARTS) is 2. The van der Waals surface area contributed by atoms with E-state index in [0.717, 1.165) is 41.6 Å². The third-order valence-electron chi connectivity index (χ3n) is 4.15. The number of alkyl halides is 3. The van der Waals surface area contributed by atoms with Gasteiger partial charge in [0.05, 0.1) is 5.56 Å². The highest BCUT2D eigenvalue weighted by Gasteiger charge is 2.30. The molecule has 0 saturated heterocycles. The first-order valence-electron chi connectivity index (χ1n) is 9.03. The highest BCUT2D eigenvalue weighted by molar-refractivity contribution is 6.27. The van der Waals surface area contributed by atoms with Gasteiger partial charge in [0.25, 0.3) is 0 Å². The Hall–Kier alpha value is -3.53. The van der Waals surface area contributed by atoms with E-state index >= 15 is 0 Å². The number of carboxylic acids is 2. The molecule has 7 nitrogen and oxygen atoms in total. The van der Waals surface area contributed by atoms with Crippen LogP contribution in [0.15, 0.2) is 48.7 Å². The maximum atomic E-state index is 12.8. The van der Waals surface area contributed by atoms with Crippen molar-refractivity contribution < 1.29 is 37.7 Å². The van der Waals surface area contributed by atoms with E-state index in [1.807, 2.05) is 32.4 Å². The fraction of sp³-hybridized carbons (Fsp3) is 0.238. The van der Waals surface area contributed by atoms with Crippen LogP contribution < -0.4 is 4.74 Å². The molecule has 0 bridgehead atoms. The number of nitrogens with zero attached hydrogens (tertiary/aromatic N) is 1. The molecule has 31 heavy (non-hydrogen) atoms. The van der Waals surface area contributed by atoms with Gasteiger partial charge in [-0.15, -0.1) is 0 Å². The van der Waals surface area contributed by atoms with Crippen LogP contribution in [0.2, 0.25) is 0 Å². The molecule has 3 N–H and O–H groups in total. The smallest absolute Gasteiger partial charge is 0.416 e. The van der Waals surface area contributed by atoms with E-state index < -0.39 is 23.7 Å². The first kappa shape index (κ1) is 23.7. The van der Waals surface area contributed by atoms with Crippen molar-refractivity contribution in [1.82, 2.24) is 9.88 Å². The van der Waals surface area contributed by atoms with Crippen molar-refractivity contribution in [2.24, 2.45) is 0 Å². The fourth-order valence-electron chi connectivity index (χ4n) is 2.64. The lowest BCUT2D eigenvalue weighted by atomic mass is 10.1. The minimum Gasteiger partial charge on any atom is -0.473 e. The summed E-state index contributed by atoms with van der Waals surface area (Å²) < 4.78 is 44.1. The molecule has 1 heterocycles. The Labute approximate surface area is 175 Å². The molecule has 0 fully saturated rings. The number of H-pyrrole nitrogens is 1. The zero-order valence-corrected chi connectivity index (χ0v) is 16.7. The number of nitrogens with one attached hydrogen (secondary N) is 1. The molecule has 0 spiro atoms. The summed E-state index contributed by atoms with van der Waals surface area (Å²) >= 11 is 0. The minimum atomic E-state index is -4.39. The van der Waals surface area contributed by atoms with Crippen LogP contribution in [-0.2, 0) is 22.2 Å². The van der Waals surface area contributed by atoms with Crippen LogP contribution in [0.3, 0.4) is 0 Å². The Bertz CT molecular complexity index is 1050. The molecule has 10 heteroatoms. The number of hydrogen-bond acceptors (Lipinski definition) is 4. The van der Waals surface area contributed by atoms with Crippen molar-refractivity contribution in [3.05, 3.63) is 59.8 Å². The van der Waals surface area contributed by atoms with Crippen molar-refractivity contribution in [2.45, 2.75) is 12.6 Å². The van der Waals surface area contributed by atoms with Crippen LogP contribution in [0, 0.1) is 0 Å². The topological polar surface area (TPSA) is 103 Å². The van der Waals surface area contributed by atoms with Crippen molar-refractivity contribution in [1.29, 1.82) is 0 Å². The number of aliphatic carboxylic acids is 2. The van der Waals surface area contributed by atoms with E-state index in [9.17, 15) is 13.2 Å². The Morgan fingerprint density at radius 1 is 1.03 bits per heavy atom. The van der Waals surface area contributed by atoms with E-state index in [-0.39, 0.29) is 5.75 Å². The SMILES string of the molecule is CN(C)CCc1c[nH]c2ccc(Oc3cccc(C(F)(F)F)c3)cc12.O=C(O)C(=O)O. The third kappa shape index (κ3) is 7.03. The van der Waals surface area contributed by atoms with Crippen molar-refractivity contribution in [3.8, 4) is 11.5 Å². The summed E-state index contributed by atoms with van der Waals surface area (Å²) in [7, 11) is 4.02. The molecule has 0 aliphatic heterocycles. The van der Waals surface area contributed by atoms with Gasteiger partial charge >= 0.3 is 18.1 Å². The summed E-state index contributed by atoms with van der Waals surface area (Å²) in [6.45, 7) is 0.908. The lowest BCUT2D eigenvalue weighted by Crippen LogP contribution is -2.14. The lowest BCUT2D eigenvalue weighted by Gasteiger charge is -2.11. The van der Waals surface area contributed by atoms with Crippen molar-refractivity contribution in [3.63, 3.8) is 0 Å². The number of rotatable bonds is 5. The molecule has 0 aliphatic rings. The van der Waals surface area contributed by atoms with Crippen molar-refractivity contribution >= 4 is 22.8 Å². The second-order valence-corrected chi connectivity index (χ2v) is 6.81. The zero-order chi connectivity index (χ0) is 23.2. The first-order chi connectivity index (χ1) is 14.5. The molecule has 0 unspecified atom stereocenters. The largest absolute Gasteiger partial charge is 0.473 e. The second kappa shape index (κ2) is 9.98. The summed E-state index contributed by atoms with van der Waals surface area (Å²) in [4.78, 5) is 23.5. The fourth-order valence-corrected chi connectivity index (χ4v) is 2.64. The van der Waals surface area contributed by atoms with E-state index in [4.69, 9.17) is 24.5 Å². The van der Waals surface area contributed by atoms with Gasteiger partial charge < -0.3 is 24.8 Å². The Morgan fingerprint density at radius 3 is 2.26 bits per heavy atom. The number of carbonyl (C=O) groups is 2. The van der Waals surface area contributed by atoms with E-state index in [1.54, 1.807) is 6.07 Å². The maximum Gasteiger partial charge on any atom is 0.416 e. The molecule has 3 aromatic rings. The van der Waals surface area contributed by atoms with Gasteiger partial charge in [0.2, 0.25) is 0 Å². The van der Waals surface area contributed by atoms with Crippen LogP contribution in [0.1, 0.15) is 11.1 Å². The number of hydrogen-bond donors (Lipinski definition) is 3. The number of benzene rings is 2. The summed E-state index contributed by atoms with van der Waals surface area (Å²) in [6.07, 6.45) is -1.55. The van der Waals surface area contributed by atoms with Gasteiger partial charge in [-0.3, -0.25) is 0 Å². The van der Waals surface area contributed by atoms with Gasteiger partial charge in [-0.25, -0.2) is 9.59 Å². The van der Waals surface area contributed by atoms with Crippen LogP contribution in [0.25, 0.3) is 10.9 Å². The number of aromatic nitrogens is 1. The molecular formula is C21H21F3N2O5. The van der Waals surface area contributed by atoms with Gasteiger partial charge in [0.1, 0.15) is 11.5 Å². The van der Waals surface area contributed by atoms with E-state index in [1.165, 1.54) is 12.1 Å². The second-order valence-electron chi connectivity index (χ2n) is 6.81. The molecule has 0 amide bonds. The summed E-state index contributed by atoms with van der Waals surface area (Å²) in [5.41, 5.74) is 1.41. The first-order valence-corrected chi connectivity index (χ1v) is 9.03. The standard InChI is InChI=1S/C19H19F3N2O.C2H2O4/c1-24(2)9-8-13-12-23-18-7-6-16(11-17(13)18)25-15-5-3-4-14(10-15)19(20,21)22;3-1(4)2(5)6/h3-7,10-12,23H,8-9H2,1-2H3;(H,3,4)(H,5,6). The molecule has 0 aliphatic carbocycles. The van der Waals surface area contributed by atoms with E-state index in [2.05, 4.69) is 9.88 Å². The number of aromatic amines is 1. The van der Waals surface area contributed by atoms with Gasteiger partial charge in [-0.1, -0.05) is 6.07 Å². The molecule has 0 radical (unpaired) electrons. The van der Waals surface area contributed by atoms with Crippen LogP contribution in [-0.4, -0.2) is 52.7 Å². The zero-order valence-electron chi connectivity index (χ0n) is 16.7. The normalized spacial score (nSPS) is 11.2. The highest BCUT2D eigenvalue weighted by atomic mass is 19.4. The third-order valence-corrected chi connectivity index (χ3v) is 4.15. The predicted octanol–water partition coefficient (Wildman–Crippen LogP) is 4.24. The van der Waals surface area contributed by atoms with Gasteiger partial charge in [0, 0.05) is 23.6 Å². The summed E-state index contributed by atoms with van der Waals surface area (Å²) in [5.74, 6) is -2.97. The molecular weight excluding hydrogens is 417 g/mol. The highest BCUT2D eigenvalue weighted by Crippen LogP contribution is 2.33. The number of ether oxygens (including phenoxy) is 1. The minimum absolute atomic E-state index is 0.166. The average Bonchev–Trinajstić information content (AvgIpc) is 3.08.